The minimum Gasteiger partial charge on any atom is -0.497 e. The molecular weight excluding hydrogens is 454 g/mol. The Labute approximate surface area is 204 Å². The minimum absolute atomic E-state index is 0.0424. The summed E-state index contributed by atoms with van der Waals surface area (Å²) in [7, 11) is 1.57. The molecule has 3 rings (SSSR count). The molecule has 3 amide bonds. The van der Waals surface area contributed by atoms with Gasteiger partial charge >= 0.3 is 0 Å². The number of nitrogen functional groups attached to an aromatic ring is 1. The summed E-state index contributed by atoms with van der Waals surface area (Å²) in [5, 5.41) is 3.01. The summed E-state index contributed by atoms with van der Waals surface area (Å²) in [6.45, 7) is 4.68. The smallest absolute Gasteiger partial charge is 0.270 e. The molecule has 184 valence electrons. The van der Waals surface area contributed by atoms with Gasteiger partial charge < -0.3 is 26.4 Å². The van der Waals surface area contributed by atoms with Gasteiger partial charge in [-0.15, -0.1) is 0 Å². The molecule has 1 aromatic heterocycles. The lowest BCUT2D eigenvalue weighted by atomic mass is 10.00. The maximum Gasteiger partial charge on any atom is 0.270 e. The van der Waals surface area contributed by atoms with Crippen LogP contribution >= 0.6 is 11.5 Å². The van der Waals surface area contributed by atoms with Crippen LogP contribution in [0, 0.1) is 5.92 Å². The van der Waals surface area contributed by atoms with Gasteiger partial charge in [0.25, 0.3) is 11.8 Å². The molecule has 5 N–H and O–H groups in total. The molecule has 1 atom stereocenters. The van der Waals surface area contributed by atoms with Crippen LogP contribution in [0.2, 0.25) is 0 Å². The fraction of sp³-hybridized carbons (Fsp3) is 0.500. The Morgan fingerprint density at radius 3 is 2.38 bits per heavy atom. The number of rotatable bonds is 10. The fourth-order valence-corrected chi connectivity index (χ4v) is 4.98. The van der Waals surface area contributed by atoms with Crippen molar-refractivity contribution < 1.29 is 19.1 Å². The number of aromatic nitrogens is 1. The predicted octanol–water partition coefficient (Wildman–Crippen LogP) is 3.12. The van der Waals surface area contributed by atoms with Crippen LogP contribution in [0.4, 0.5) is 5.69 Å². The Morgan fingerprint density at radius 1 is 1.21 bits per heavy atom. The summed E-state index contributed by atoms with van der Waals surface area (Å²) < 4.78 is 9.26. The number of hydrogen-bond donors (Lipinski definition) is 3. The van der Waals surface area contributed by atoms with Crippen molar-refractivity contribution in [2.75, 3.05) is 19.4 Å². The molecule has 1 unspecified atom stereocenters. The molecular formula is C24H33N5O4S. The second kappa shape index (κ2) is 11.3. The fourth-order valence-electron chi connectivity index (χ4n) is 4.23. The zero-order valence-corrected chi connectivity index (χ0v) is 20.7. The molecule has 0 bridgehead atoms. The third-order valence-electron chi connectivity index (χ3n) is 6.09. The van der Waals surface area contributed by atoms with Gasteiger partial charge in [0.05, 0.1) is 12.8 Å². The molecule has 0 saturated heterocycles. The topological polar surface area (TPSA) is 141 Å². The van der Waals surface area contributed by atoms with Gasteiger partial charge in [0.15, 0.2) is 5.69 Å². The Bertz CT molecular complexity index is 1010. The predicted molar refractivity (Wildman–Crippen MR) is 132 cm³/mol. The number of ether oxygens (including phenoxy) is 1. The normalized spacial score (nSPS) is 14.7. The number of anilines is 1. The summed E-state index contributed by atoms with van der Waals surface area (Å²) in [4.78, 5) is 40.8. The Balaban J connectivity index is 2.04. The van der Waals surface area contributed by atoms with Crippen molar-refractivity contribution in [1.29, 1.82) is 0 Å². The van der Waals surface area contributed by atoms with Crippen molar-refractivity contribution >= 4 is 34.9 Å². The third kappa shape index (κ3) is 5.67. The first kappa shape index (κ1) is 25.5. The number of benzene rings is 1. The number of amides is 3. The van der Waals surface area contributed by atoms with E-state index < -0.39 is 17.9 Å². The van der Waals surface area contributed by atoms with Gasteiger partial charge in [-0.25, -0.2) is 0 Å². The molecule has 1 aromatic carbocycles. The average molecular weight is 488 g/mol. The molecule has 0 aliphatic heterocycles. The van der Waals surface area contributed by atoms with Crippen LogP contribution < -0.4 is 21.5 Å². The van der Waals surface area contributed by atoms with Crippen LogP contribution in [-0.4, -0.2) is 46.7 Å². The van der Waals surface area contributed by atoms with E-state index in [0.29, 0.717) is 23.8 Å². The molecule has 1 heterocycles. The quantitative estimate of drug-likeness (QED) is 0.470. The van der Waals surface area contributed by atoms with Crippen molar-refractivity contribution in [2.45, 2.75) is 58.0 Å². The van der Waals surface area contributed by atoms with Crippen molar-refractivity contribution in [3.8, 4) is 5.75 Å². The second-order valence-corrected chi connectivity index (χ2v) is 9.71. The van der Waals surface area contributed by atoms with Gasteiger partial charge in [0.1, 0.15) is 16.7 Å². The SMILES string of the molecule is COc1ccc(C(C(=O)NCCC(C)C)N(C(=O)c2snc(C(N)=O)c2N)C2CCCC2)cc1. The first-order valence-electron chi connectivity index (χ1n) is 11.5. The zero-order chi connectivity index (χ0) is 24.8. The first-order valence-corrected chi connectivity index (χ1v) is 12.3. The summed E-state index contributed by atoms with van der Waals surface area (Å²) in [5.41, 5.74) is 11.9. The molecule has 1 aliphatic rings. The van der Waals surface area contributed by atoms with Crippen LogP contribution in [0.3, 0.4) is 0 Å². The highest BCUT2D eigenvalue weighted by Gasteiger charge is 2.39. The average Bonchev–Trinajstić information content (AvgIpc) is 3.46. The van der Waals surface area contributed by atoms with Crippen molar-refractivity contribution in [1.82, 2.24) is 14.6 Å². The lowest BCUT2D eigenvalue weighted by Crippen LogP contribution is -2.48. The van der Waals surface area contributed by atoms with E-state index in [4.69, 9.17) is 16.2 Å². The Kier molecular flexibility index (Phi) is 8.49. The maximum absolute atomic E-state index is 13.9. The highest BCUT2D eigenvalue weighted by Crippen LogP contribution is 2.36. The number of methoxy groups -OCH3 is 1. The van der Waals surface area contributed by atoms with Crippen molar-refractivity contribution in [3.63, 3.8) is 0 Å². The van der Waals surface area contributed by atoms with Gasteiger partial charge in [0, 0.05) is 12.6 Å². The van der Waals surface area contributed by atoms with Gasteiger partial charge in [-0.3, -0.25) is 14.4 Å². The number of nitrogens with zero attached hydrogens (tertiary/aromatic N) is 2. The second-order valence-electron chi connectivity index (χ2n) is 8.94. The highest BCUT2D eigenvalue weighted by molar-refractivity contribution is 7.09. The van der Waals surface area contributed by atoms with Crippen LogP contribution in [0.5, 0.6) is 5.75 Å². The van der Waals surface area contributed by atoms with E-state index in [2.05, 4.69) is 23.5 Å². The lowest BCUT2D eigenvalue weighted by molar-refractivity contribution is -0.126. The zero-order valence-electron chi connectivity index (χ0n) is 19.9. The standard InChI is InChI=1S/C24H33N5O4S/c1-14(2)12-13-27-23(31)20(15-8-10-17(33-3)11-9-15)29(16-6-4-5-7-16)24(32)21-18(25)19(22(26)30)28-34-21/h8-11,14,16,20H,4-7,12-13,25H2,1-3H3,(H2,26,30)(H,27,31). The largest absolute Gasteiger partial charge is 0.497 e. The number of primary amides is 1. The molecule has 1 saturated carbocycles. The number of carbonyl (C=O) groups excluding carboxylic acids is 3. The Morgan fingerprint density at radius 2 is 1.85 bits per heavy atom. The van der Waals surface area contributed by atoms with Gasteiger partial charge in [-0.05, 0) is 54.4 Å². The molecule has 2 aromatic rings. The minimum atomic E-state index is -0.868. The first-order chi connectivity index (χ1) is 16.2. The number of nitrogens with one attached hydrogen (secondary N) is 1. The highest BCUT2D eigenvalue weighted by atomic mass is 32.1. The van der Waals surface area contributed by atoms with Gasteiger partial charge in [-0.2, -0.15) is 4.37 Å². The van der Waals surface area contributed by atoms with E-state index in [1.165, 1.54) is 0 Å². The molecule has 1 aliphatic carbocycles. The molecule has 34 heavy (non-hydrogen) atoms. The van der Waals surface area contributed by atoms with Crippen molar-refractivity contribution in [2.24, 2.45) is 11.7 Å². The van der Waals surface area contributed by atoms with E-state index >= 15 is 0 Å². The molecule has 9 nitrogen and oxygen atoms in total. The number of hydrogen-bond acceptors (Lipinski definition) is 7. The molecule has 10 heteroatoms. The van der Waals surface area contributed by atoms with E-state index in [1.807, 2.05) is 0 Å². The van der Waals surface area contributed by atoms with E-state index in [1.54, 1.807) is 36.3 Å². The lowest BCUT2D eigenvalue weighted by Gasteiger charge is -2.36. The van der Waals surface area contributed by atoms with Crippen LogP contribution in [0.1, 0.15) is 77.7 Å². The van der Waals surface area contributed by atoms with E-state index in [9.17, 15) is 14.4 Å². The Hall–Kier alpha value is -3.14. The number of nitrogens with two attached hydrogens (primary N) is 2. The molecule has 0 radical (unpaired) electrons. The number of carbonyl (C=O) groups is 3. The molecule has 0 spiro atoms. The summed E-state index contributed by atoms with van der Waals surface area (Å²) in [6.07, 6.45) is 4.30. The van der Waals surface area contributed by atoms with Crippen LogP contribution in [0.15, 0.2) is 24.3 Å². The van der Waals surface area contributed by atoms with Crippen molar-refractivity contribution in [3.05, 3.63) is 40.4 Å². The maximum atomic E-state index is 13.9. The van der Waals surface area contributed by atoms with E-state index in [0.717, 1.165) is 43.6 Å². The van der Waals surface area contributed by atoms with Crippen LogP contribution in [0.25, 0.3) is 0 Å². The van der Waals surface area contributed by atoms with Crippen LogP contribution in [-0.2, 0) is 4.79 Å². The summed E-state index contributed by atoms with van der Waals surface area (Å²) >= 11 is 0.833. The van der Waals surface area contributed by atoms with Gasteiger partial charge in [0.2, 0.25) is 5.91 Å². The summed E-state index contributed by atoms with van der Waals surface area (Å²) in [5.74, 6) is -0.396. The summed E-state index contributed by atoms with van der Waals surface area (Å²) in [6, 6.07) is 6.12. The van der Waals surface area contributed by atoms with Gasteiger partial charge in [-0.1, -0.05) is 38.8 Å². The third-order valence-corrected chi connectivity index (χ3v) is 6.94. The molecule has 1 fully saturated rings. The monoisotopic (exact) mass is 487 g/mol. The van der Waals surface area contributed by atoms with E-state index in [-0.39, 0.29) is 28.2 Å².